The number of rotatable bonds is 7. The Labute approximate surface area is 160 Å². The number of thioether (sulfide) groups is 1. The fraction of sp³-hybridized carbons (Fsp3) is 0.611. The van der Waals surface area contributed by atoms with Gasteiger partial charge in [-0.3, -0.25) is 4.79 Å². The number of sulfonamides is 1. The number of nitrogens with one attached hydrogen (secondary N) is 1. The van der Waals surface area contributed by atoms with Crippen LogP contribution in [0.25, 0.3) is 0 Å². The van der Waals surface area contributed by atoms with E-state index < -0.39 is 10.0 Å². The monoisotopic (exact) mass is 400 g/mol. The quantitative estimate of drug-likeness (QED) is 0.711. The Kier molecular flexibility index (Phi) is 7.52. The summed E-state index contributed by atoms with van der Waals surface area (Å²) in [5.41, 5.74) is 0.581. The normalized spacial score (nSPS) is 21.7. The van der Waals surface area contributed by atoms with Crippen molar-refractivity contribution >= 4 is 27.7 Å². The summed E-state index contributed by atoms with van der Waals surface area (Å²) in [4.78, 5) is 13.4. The molecule has 2 rings (SSSR count). The molecule has 146 valence electrons. The standard InChI is InChI=1S/C18H28N2O4S2/c1-13(2)25-17-8-6-5-7-16(17)18(21)19-9-10-26(22,23)20-11-14(3)24-15(4)12-20/h5-8,13-15H,9-12H2,1-4H3,(H,19,21). The van der Waals surface area contributed by atoms with Crippen LogP contribution in [0.5, 0.6) is 0 Å². The minimum atomic E-state index is -3.42. The summed E-state index contributed by atoms with van der Waals surface area (Å²) in [6, 6.07) is 7.38. The molecule has 0 saturated carbocycles. The Hall–Kier alpha value is -1.09. The molecule has 1 amide bonds. The highest BCUT2D eigenvalue weighted by Gasteiger charge is 2.30. The number of carbonyl (C=O) groups is 1. The molecular formula is C18H28N2O4S2. The van der Waals surface area contributed by atoms with E-state index in [0.717, 1.165) is 4.90 Å². The van der Waals surface area contributed by atoms with Gasteiger partial charge in [0.1, 0.15) is 0 Å². The number of carbonyl (C=O) groups excluding carboxylic acids is 1. The van der Waals surface area contributed by atoms with E-state index in [1.165, 1.54) is 4.31 Å². The SMILES string of the molecule is CC1CN(S(=O)(=O)CCNC(=O)c2ccccc2SC(C)C)CC(C)O1. The molecule has 1 N–H and O–H groups in total. The number of benzene rings is 1. The lowest BCUT2D eigenvalue weighted by atomic mass is 10.2. The third-order valence-corrected chi connectivity index (χ3v) is 6.81. The highest BCUT2D eigenvalue weighted by molar-refractivity contribution is 8.00. The molecule has 0 radical (unpaired) electrons. The highest BCUT2D eigenvalue weighted by atomic mass is 32.2. The van der Waals surface area contributed by atoms with E-state index in [-0.39, 0.29) is 30.4 Å². The van der Waals surface area contributed by atoms with Crippen LogP contribution in [0.15, 0.2) is 29.2 Å². The minimum Gasteiger partial charge on any atom is -0.373 e. The maximum Gasteiger partial charge on any atom is 0.252 e. The van der Waals surface area contributed by atoms with Gasteiger partial charge in [-0.05, 0) is 26.0 Å². The van der Waals surface area contributed by atoms with Gasteiger partial charge in [0.15, 0.2) is 0 Å². The predicted octanol–water partition coefficient (Wildman–Crippen LogP) is 2.36. The fourth-order valence-corrected chi connectivity index (χ4v) is 5.33. The summed E-state index contributed by atoms with van der Waals surface area (Å²) in [6.07, 6.45) is -0.244. The maximum absolute atomic E-state index is 12.5. The Balaban J connectivity index is 1.94. The van der Waals surface area contributed by atoms with Gasteiger partial charge in [0.2, 0.25) is 10.0 Å². The summed E-state index contributed by atoms with van der Waals surface area (Å²) in [7, 11) is -3.42. The molecule has 1 aromatic rings. The Morgan fingerprint density at radius 3 is 2.50 bits per heavy atom. The molecule has 1 aliphatic rings. The molecule has 2 unspecified atom stereocenters. The van der Waals surface area contributed by atoms with Crippen molar-refractivity contribution in [2.75, 3.05) is 25.4 Å². The van der Waals surface area contributed by atoms with Gasteiger partial charge in [0, 0.05) is 29.8 Å². The van der Waals surface area contributed by atoms with Crippen LogP contribution in [0.2, 0.25) is 0 Å². The molecule has 1 aliphatic heterocycles. The summed E-state index contributed by atoms with van der Waals surface area (Å²) < 4.78 is 32.1. The van der Waals surface area contributed by atoms with Crippen molar-refractivity contribution in [1.29, 1.82) is 0 Å². The van der Waals surface area contributed by atoms with Gasteiger partial charge in [-0.15, -0.1) is 11.8 Å². The van der Waals surface area contributed by atoms with Crippen molar-refractivity contribution < 1.29 is 17.9 Å². The lowest BCUT2D eigenvalue weighted by Gasteiger charge is -2.34. The number of hydrogen-bond acceptors (Lipinski definition) is 5. The maximum atomic E-state index is 12.5. The first-order valence-electron chi connectivity index (χ1n) is 8.86. The second-order valence-corrected chi connectivity index (χ2v) is 10.5. The zero-order chi connectivity index (χ0) is 19.3. The molecule has 0 aliphatic carbocycles. The van der Waals surface area contributed by atoms with Gasteiger partial charge in [-0.2, -0.15) is 4.31 Å². The summed E-state index contributed by atoms with van der Waals surface area (Å²) in [6.45, 7) is 8.66. The lowest BCUT2D eigenvalue weighted by Crippen LogP contribution is -2.49. The first-order chi connectivity index (χ1) is 12.2. The zero-order valence-corrected chi connectivity index (χ0v) is 17.4. The van der Waals surface area contributed by atoms with Gasteiger partial charge in [-0.1, -0.05) is 26.0 Å². The van der Waals surface area contributed by atoms with Gasteiger partial charge in [0.25, 0.3) is 5.91 Å². The molecule has 0 bridgehead atoms. The molecule has 6 nitrogen and oxygen atoms in total. The van der Waals surface area contributed by atoms with Crippen molar-refractivity contribution in [1.82, 2.24) is 9.62 Å². The third kappa shape index (κ3) is 5.97. The third-order valence-electron chi connectivity index (χ3n) is 3.92. The van der Waals surface area contributed by atoms with Gasteiger partial charge < -0.3 is 10.1 Å². The second-order valence-electron chi connectivity index (χ2n) is 6.81. The van der Waals surface area contributed by atoms with Crippen LogP contribution in [-0.4, -0.2) is 61.5 Å². The molecule has 8 heteroatoms. The fourth-order valence-electron chi connectivity index (χ4n) is 2.89. The average molecular weight is 401 g/mol. The van der Waals surface area contributed by atoms with Crippen LogP contribution in [0.4, 0.5) is 0 Å². The first kappa shape index (κ1) is 21.2. The van der Waals surface area contributed by atoms with Crippen LogP contribution in [-0.2, 0) is 14.8 Å². The number of hydrogen-bond donors (Lipinski definition) is 1. The largest absolute Gasteiger partial charge is 0.373 e. The number of morpholine rings is 1. The molecular weight excluding hydrogens is 372 g/mol. The molecule has 1 aromatic carbocycles. The Morgan fingerprint density at radius 2 is 1.88 bits per heavy atom. The van der Waals surface area contributed by atoms with Crippen molar-refractivity contribution in [3.8, 4) is 0 Å². The van der Waals surface area contributed by atoms with Crippen LogP contribution in [0, 0.1) is 0 Å². The Bertz CT molecular complexity index is 712. The molecule has 1 saturated heterocycles. The number of ether oxygens (including phenoxy) is 1. The summed E-state index contributed by atoms with van der Waals surface area (Å²) in [5.74, 6) is -0.356. The summed E-state index contributed by atoms with van der Waals surface area (Å²) >= 11 is 1.61. The van der Waals surface area contributed by atoms with E-state index in [0.29, 0.717) is 23.9 Å². The minimum absolute atomic E-state index is 0.0853. The number of nitrogens with zero attached hydrogens (tertiary/aromatic N) is 1. The van der Waals surface area contributed by atoms with Crippen LogP contribution >= 0.6 is 11.8 Å². The van der Waals surface area contributed by atoms with Crippen LogP contribution in [0.3, 0.4) is 0 Å². The van der Waals surface area contributed by atoms with E-state index >= 15 is 0 Å². The topological polar surface area (TPSA) is 75.7 Å². The first-order valence-corrected chi connectivity index (χ1v) is 11.3. The molecule has 26 heavy (non-hydrogen) atoms. The van der Waals surface area contributed by atoms with Crippen molar-refractivity contribution in [3.63, 3.8) is 0 Å². The number of amides is 1. The molecule has 1 fully saturated rings. The average Bonchev–Trinajstić information content (AvgIpc) is 2.53. The van der Waals surface area contributed by atoms with Gasteiger partial charge in [-0.25, -0.2) is 8.42 Å². The van der Waals surface area contributed by atoms with Crippen LogP contribution < -0.4 is 5.32 Å². The lowest BCUT2D eigenvalue weighted by molar-refractivity contribution is -0.0440. The predicted molar refractivity (Wildman–Crippen MR) is 105 cm³/mol. The van der Waals surface area contributed by atoms with E-state index in [2.05, 4.69) is 19.2 Å². The Morgan fingerprint density at radius 1 is 1.27 bits per heavy atom. The van der Waals surface area contributed by atoms with Gasteiger partial charge >= 0.3 is 0 Å². The van der Waals surface area contributed by atoms with Gasteiger partial charge in [0.05, 0.1) is 23.5 Å². The van der Waals surface area contributed by atoms with Crippen LogP contribution in [0.1, 0.15) is 38.1 Å². The molecule has 1 heterocycles. The van der Waals surface area contributed by atoms with E-state index in [1.54, 1.807) is 17.8 Å². The summed E-state index contributed by atoms with van der Waals surface area (Å²) in [5, 5.41) is 3.10. The van der Waals surface area contributed by atoms with E-state index in [4.69, 9.17) is 4.74 Å². The van der Waals surface area contributed by atoms with Crippen molar-refractivity contribution in [2.45, 2.75) is 50.0 Å². The second kappa shape index (κ2) is 9.21. The molecule has 0 spiro atoms. The highest BCUT2D eigenvalue weighted by Crippen LogP contribution is 2.26. The zero-order valence-electron chi connectivity index (χ0n) is 15.8. The molecule has 2 atom stereocenters. The molecule has 0 aromatic heterocycles. The smallest absolute Gasteiger partial charge is 0.252 e. The van der Waals surface area contributed by atoms with Crippen molar-refractivity contribution in [2.24, 2.45) is 0 Å². The van der Waals surface area contributed by atoms with Crippen molar-refractivity contribution in [3.05, 3.63) is 29.8 Å². The van der Waals surface area contributed by atoms with E-state index in [1.807, 2.05) is 32.0 Å². The van der Waals surface area contributed by atoms with E-state index in [9.17, 15) is 13.2 Å².